The van der Waals surface area contributed by atoms with Crippen LogP contribution in [0.3, 0.4) is 0 Å². The van der Waals surface area contributed by atoms with E-state index in [2.05, 4.69) is 5.32 Å². The number of benzene rings is 1. The molecule has 12 nitrogen and oxygen atoms in total. The average Bonchev–Trinajstić information content (AvgIpc) is 2.67. The lowest BCUT2D eigenvalue weighted by Gasteiger charge is -2.28. The quantitative estimate of drug-likeness (QED) is 0.230. The number of rotatable bonds is 11. The third kappa shape index (κ3) is 7.33. The predicted molar refractivity (Wildman–Crippen MR) is 107 cm³/mol. The molecule has 0 bridgehead atoms. The van der Waals surface area contributed by atoms with Gasteiger partial charge in [0.25, 0.3) is 5.69 Å². The molecular weight excluding hydrogens is 414 g/mol. The number of methoxy groups -OCH3 is 1. The van der Waals surface area contributed by atoms with Gasteiger partial charge in [-0.2, -0.15) is 0 Å². The molecule has 1 aromatic rings. The van der Waals surface area contributed by atoms with Gasteiger partial charge in [0.2, 0.25) is 17.9 Å². The summed E-state index contributed by atoms with van der Waals surface area (Å²) in [4.78, 5) is 60.4. The van der Waals surface area contributed by atoms with Gasteiger partial charge in [-0.1, -0.05) is 6.07 Å². The lowest BCUT2D eigenvalue weighted by molar-refractivity contribution is -0.383. The first-order chi connectivity index (χ1) is 14.7. The highest BCUT2D eigenvalue weighted by atomic mass is 16.6. The van der Waals surface area contributed by atoms with Crippen LogP contribution in [-0.4, -0.2) is 66.5 Å². The summed E-state index contributed by atoms with van der Waals surface area (Å²) in [6.45, 7) is 3.43. The third-order valence-electron chi connectivity index (χ3n) is 3.84. The van der Waals surface area contributed by atoms with Crippen molar-refractivity contribution >= 4 is 35.1 Å². The maximum atomic E-state index is 12.7. The smallest absolute Gasteiger partial charge is 0.340 e. The van der Waals surface area contributed by atoms with Crippen LogP contribution in [0.5, 0.6) is 0 Å². The first-order valence-corrected chi connectivity index (χ1v) is 9.32. The minimum Gasteiger partial charge on any atom is -0.464 e. The number of hydrogen-bond donors (Lipinski definition) is 1. The number of ether oxygens (including phenoxy) is 3. The van der Waals surface area contributed by atoms with E-state index < -0.39 is 41.3 Å². The number of anilines is 1. The van der Waals surface area contributed by atoms with E-state index in [0.717, 1.165) is 11.0 Å². The Labute approximate surface area is 178 Å². The van der Waals surface area contributed by atoms with E-state index in [4.69, 9.17) is 14.2 Å². The number of esters is 2. The standard InChI is InChI=1S/C19H25N3O9/c1-5-30-18(25)17(19(26)31-6-2)21(16(24)11-29-4)10-13-7-8-15(22(27)28)14(9-13)20-12(3)23/h7-9,17H,5-6,10-11H2,1-4H3,(H,20,23). The summed E-state index contributed by atoms with van der Waals surface area (Å²) < 4.78 is 14.7. The molecular formula is C19H25N3O9. The molecule has 0 spiro atoms. The van der Waals surface area contributed by atoms with E-state index in [-0.39, 0.29) is 31.1 Å². The van der Waals surface area contributed by atoms with Crippen LogP contribution in [0.15, 0.2) is 18.2 Å². The molecule has 0 fully saturated rings. The van der Waals surface area contributed by atoms with E-state index in [1.165, 1.54) is 40.0 Å². The lowest BCUT2D eigenvalue weighted by atomic mass is 10.1. The second-order valence-corrected chi connectivity index (χ2v) is 6.15. The summed E-state index contributed by atoms with van der Waals surface area (Å²) >= 11 is 0. The van der Waals surface area contributed by atoms with Crippen molar-refractivity contribution in [1.82, 2.24) is 4.90 Å². The number of hydrogen-bond acceptors (Lipinski definition) is 9. The van der Waals surface area contributed by atoms with Gasteiger partial charge in [-0.15, -0.1) is 0 Å². The van der Waals surface area contributed by atoms with Crippen molar-refractivity contribution in [2.75, 3.05) is 32.2 Å². The zero-order valence-electron chi connectivity index (χ0n) is 17.7. The molecule has 2 amide bonds. The first-order valence-electron chi connectivity index (χ1n) is 9.32. The number of carbonyl (C=O) groups is 4. The maximum absolute atomic E-state index is 12.7. The summed E-state index contributed by atoms with van der Waals surface area (Å²) in [6, 6.07) is 2.05. The average molecular weight is 439 g/mol. The Balaban J connectivity index is 3.42. The number of nitrogens with zero attached hydrogens (tertiary/aromatic N) is 2. The fourth-order valence-electron chi connectivity index (χ4n) is 2.65. The summed E-state index contributed by atoms with van der Waals surface area (Å²) in [6.07, 6.45) is 0. The minimum atomic E-state index is -1.71. The molecule has 0 aliphatic heterocycles. The zero-order valence-corrected chi connectivity index (χ0v) is 17.7. The van der Waals surface area contributed by atoms with Crippen LogP contribution in [0.2, 0.25) is 0 Å². The number of nitro groups is 1. The molecule has 1 rings (SSSR count). The second kappa shape index (κ2) is 12.2. The van der Waals surface area contributed by atoms with Crippen molar-refractivity contribution in [1.29, 1.82) is 0 Å². The van der Waals surface area contributed by atoms with Crippen molar-refractivity contribution < 1.29 is 38.3 Å². The van der Waals surface area contributed by atoms with Crippen LogP contribution < -0.4 is 5.32 Å². The third-order valence-corrected chi connectivity index (χ3v) is 3.84. The molecule has 0 aromatic heterocycles. The van der Waals surface area contributed by atoms with E-state index in [1.54, 1.807) is 0 Å². The highest BCUT2D eigenvalue weighted by Gasteiger charge is 2.38. The van der Waals surface area contributed by atoms with Gasteiger partial charge >= 0.3 is 11.9 Å². The molecule has 31 heavy (non-hydrogen) atoms. The van der Waals surface area contributed by atoms with Crippen LogP contribution >= 0.6 is 0 Å². The molecule has 0 saturated carbocycles. The Morgan fingerprint density at radius 2 is 1.71 bits per heavy atom. The van der Waals surface area contributed by atoms with Crippen molar-refractivity contribution in [3.8, 4) is 0 Å². The molecule has 0 unspecified atom stereocenters. The van der Waals surface area contributed by atoms with Gasteiger partial charge in [-0.05, 0) is 25.5 Å². The molecule has 12 heteroatoms. The maximum Gasteiger partial charge on any atom is 0.340 e. The van der Waals surface area contributed by atoms with E-state index >= 15 is 0 Å². The molecule has 1 aromatic carbocycles. The highest BCUT2D eigenvalue weighted by Crippen LogP contribution is 2.26. The number of amides is 2. The second-order valence-electron chi connectivity index (χ2n) is 6.15. The van der Waals surface area contributed by atoms with Gasteiger partial charge in [0.1, 0.15) is 12.3 Å². The van der Waals surface area contributed by atoms with E-state index in [1.807, 2.05) is 0 Å². The Hall–Kier alpha value is -3.54. The number of nitrogens with one attached hydrogen (secondary N) is 1. The van der Waals surface area contributed by atoms with Crippen molar-refractivity contribution in [3.05, 3.63) is 33.9 Å². The summed E-state index contributed by atoms with van der Waals surface area (Å²) in [5, 5.41) is 13.6. The largest absolute Gasteiger partial charge is 0.464 e. The lowest BCUT2D eigenvalue weighted by Crippen LogP contribution is -2.51. The Bertz CT molecular complexity index is 823. The van der Waals surface area contributed by atoms with E-state index in [0.29, 0.717) is 5.56 Å². The zero-order chi connectivity index (χ0) is 23.6. The number of nitro benzene ring substituents is 1. The Kier molecular flexibility index (Phi) is 10.1. The van der Waals surface area contributed by atoms with Crippen LogP contribution in [0.1, 0.15) is 26.3 Å². The van der Waals surface area contributed by atoms with Crippen molar-refractivity contribution in [2.24, 2.45) is 0 Å². The predicted octanol–water partition coefficient (Wildman–Crippen LogP) is 1.02. The van der Waals surface area contributed by atoms with Crippen LogP contribution in [0.4, 0.5) is 11.4 Å². The number of carbonyl (C=O) groups excluding carboxylic acids is 4. The van der Waals surface area contributed by atoms with Gasteiger partial charge in [0.05, 0.1) is 18.1 Å². The molecule has 0 aliphatic rings. The first kappa shape index (κ1) is 25.5. The van der Waals surface area contributed by atoms with Gasteiger partial charge < -0.3 is 24.4 Å². The highest BCUT2D eigenvalue weighted by molar-refractivity contribution is 6.02. The molecule has 0 saturated heterocycles. The Morgan fingerprint density at radius 3 is 2.16 bits per heavy atom. The fraction of sp³-hybridized carbons (Fsp3) is 0.474. The molecule has 0 atom stereocenters. The van der Waals surface area contributed by atoms with Crippen molar-refractivity contribution in [3.63, 3.8) is 0 Å². The molecule has 1 N–H and O–H groups in total. The molecule has 0 aliphatic carbocycles. The van der Waals surface area contributed by atoms with Gasteiger partial charge in [0, 0.05) is 26.6 Å². The molecule has 0 heterocycles. The van der Waals surface area contributed by atoms with Gasteiger partial charge in [-0.25, -0.2) is 9.59 Å². The topological polar surface area (TPSA) is 154 Å². The van der Waals surface area contributed by atoms with E-state index in [9.17, 15) is 29.3 Å². The molecule has 0 radical (unpaired) electrons. The summed E-state index contributed by atoms with van der Waals surface area (Å²) in [5.74, 6) is -3.24. The van der Waals surface area contributed by atoms with Crippen LogP contribution in [0, 0.1) is 10.1 Å². The van der Waals surface area contributed by atoms with Crippen LogP contribution in [0.25, 0.3) is 0 Å². The van der Waals surface area contributed by atoms with Gasteiger partial charge in [-0.3, -0.25) is 19.7 Å². The molecule has 170 valence electrons. The minimum absolute atomic E-state index is 0.0365. The summed E-state index contributed by atoms with van der Waals surface area (Å²) in [7, 11) is 1.26. The van der Waals surface area contributed by atoms with Crippen molar-refractivity contribution in [2.45, 2.75) is 33.4 Å². The van der Waals surface area contributed by atoms with Gasteiger partial charge in [0.15, 0.2) is 0 Å². The SMILES string of the molecule is CCOC(=O)C(C(=O)OCC)N(Cc1ccc([N+](=O)[O-])c(NC(C)=O)c1)C(=O)COC. The summed E-state index contributed by atoms with van der Waals surface area (Å²) in [5.41, 5.74) is -0.156. The monoisotopic (exact) mass is 439 g/mol. The van der Waals surface area contributed by atoms with Crippen LogP contribution in [-0.2, 0) is 39.9 Å². The normalized spacial score (nSPS) is 10.4. The fourth-order valence-corrected chi connectivity index (χ4v) is 2.65. The Morgan fingerprint density at radius 1 is 1.13 bits per heavy atom.